The van der Waals surface area contributed by atoms with Crippen molar-refractivity contribution < 1.29 is 9.53 Å². The van der Waals surface area contributed by atoms with Crippen LogP contribution in [0.2, 0.25) is 0 Å². The highest BCUT2D eigenvalue weighted by Crippen LogP contribution is 2.11. The number of benzene rings is 1. The Bertz CT molecular complexity index is 333. The molecule has 0 aromatic heterocycles. The van der Waals surface area contributed by atoms with Crippen LogP contribution in [-0.2, 0) is 16.0 Å². The molecule has 3 nitrogen and oxygen atoms in total. The fourth-order valence-corrected chi connectivity index (χ4v) is 1.55. The van der Waals surface area contributed by atoms with E-state index in [9.17, 15) is 4.79 Å². The molecule has 1 aromatic rings. The number of amides is 1. The predicted octanol–water partition coefficient (Wildman–Crippen LogP) is 3.00. The van der Waals surface area contributed by atoms with Gasteiger partial charge in [-0.05, 0) is 30.5 Å². The number of carbonyl (C=O) groups is 1. The summed E-state index contributed by atoms with van der Waals surface area (Å²) in [7, 11) is 1.59. The summed E-state index contributed by atoms with van der Waals surface area (Å²) in [4.78, 5) is 11.4. The van der Waals surface area contributed by atoms with Crippen LogP contribution >= 0.6 is 0 Å². The predicted molar refractivity (Wildman–Crippen MR) is 70.2 cm³/mol. The van der Waals surface area contributed by atoms with E-state index in [1.807, 2.05) is 12.1 Å². The number of rotatable bonds is 7. The average molecular weight is 235 g/mol. The SMILES string of the molecule is CCCCc1ccc(NC(=O)CCOC)cc1. The molecule has 0 saturated carbocycles. The first kappa shape index (κ1) is 13.7. The quantitative estimate of drug-likeness (QED) is 0.789. The normalized spacial score (nSPS) is 10.2. The summed E-state index contributed by atoms with van der Waals surface area (Å²) in [6.07, 6.45) is 3.91. The topological polar surface area (TPSA) is 38.3 Å². The number of unbranched alkanes of at least 4 members (excludes halogenated alkanes) is 1. The molecule has 0 spiro atoms. The Morgan fingerprint density at radius 1 is 1.29 bits per heavy atom. The minimum atomic E-state index is -0.00634. The first-order valence-corrected chi connectivity index (χ1v) is 6.14. The minimum absolute atomic E-state index is 0.00634. The van der Waals surface area contributed by atoms with E-state index in [1.54, 1.807) is 7.11 Å². The molecule has 1 aromatic carbocycles. The molecule has 0 saturated heterocycles. The summed E-state index contributed by atoms with van der Waals surface area (Å²) < 4.78 is 4.85. The third-order valence-corrected chi connectivity index (χ3v) is 2.59. The first-order valence-electron chi connectivity index (χ1n) is 6.14. The molecular formula is C14H21NO2. The van der Waals surface area contributed by atoms with Crippen molar-refractivity contribution >= 4 is 11.6 Å². The Morgan fingerprint density at radius 3 is 2.59 bits per heavy atom. The molecule has 0 fully saturated rings. The van der Waals surface area contributed by atoms with Crippen molar-refractivity contribution in [3.63, 3.8) is 0 Å². The van der Waals surface area contributed by atoms with Gasteiger partial charge in [0.25, 0.3) is 0 Å². The van der Waals surface area contributed by atoms with Gasteiger partial charge in [0.15, 0.2) is 0 Å². The fourth-order valence-electron chi connectivity index (χ4n) is 1.55. The van der Waals surface area contributed by atoms with Gasteiger partial charge in [-0.1, -0.05) is 25.5 Å². The average Bonchev–Trinajstić information content (AvgIpc) is 2.35. The lowest BCUT2D eigenvalue weighted by Gasteiger charge is -2.06. The van der Waals surface area contributed by atoms with Crippen molar-refractivity contribution in [2.45, 2.75) is 32.6 Å². The molecule has 0 radical (unpaired) electrons. The molecule has 0 heterocycles. The van der Waals surface area contributed by atoms with E-state index in [0.717, 1.165) is 12.1 Å². The maximum Gasteiger partial charge on any atom is 0.226 e. The van der Waals surface area contributed by atoms with Gasteiger partial charge in [0.2, 0.25) is 5.91 Å². The summed E-state index contributed by atoms with van der Waals surface area (Å²) in [6.45, 7) is 2.64. The molecule has 0 aliphatic carbocycles. The summed E-state index contributed by atoms with van der Waals surface area (Å²) >= 11 is 0. The molecule has 0 unspecified atom stereocenters. The Labute approximate surface area is 103 Å². The number of hydrogen-bond acceptors (Lipinski definition) is 2. The standard InChI is InChI=1S/C14H21NO2/c1-3-4-5-12-6-8-13(9-7-12)15-14(16)10-11-17-2/h6-9H,3-5,10-11H2,1-2H3,(H,15,16). The Morgan fingerprint density at radius 2 is 2.00 bits per heavy atom. The molecule has 3 heteroatoms. The maximum atomic E-state index is 11.4. The lowest BCUT2D eigenvalue weighted by Crippen LogP contribution is -2.13. The van der Waals surface area contributed by atoms with Gasteiger partial charge in [-0.15, -0.1) is 0 Å². The Balaban J connectivity index is 2.42. The molecule has 1 N–H and O–H groups in total. The number of nitrogens with one attached hydrogen (secondary N) is 1. The van der Waals surface area contributed by atoms with E-state index in [0.29, 0.717) is 13.0 Å². The van der Waals surface area contributed by atoms with E-state index < -0.39 is 0 Å². The smallest absolute Gasteiger partial charge is 0.226 e. The number of anilines is 1. The number of ether oxygens (including phenoxy) is 1. The van der Waals surface area contributed by atoms with Crippen LogP contribution < -0.4 is 5.32 Å². The second kappa shape index (κ2) is 7.85. The van der Waals surface area contributed by atoms with E-state index in [4.69, 9.17) is 4.74 Å². The summed E-state index contributed by atoms with van der Waals surface area (Å²) in [5.41, 5.74) is 2.17. The maximum absolute atomic E-state index is 11.4. The van der Waals surface area contributed by atoms with Gasteiger partial charge in [-0.3, -0.25) is 4.79 Å². The second-order valence-electron chi connectivity index (χ2n) is 4.09. The molecule has 17 heavy (non-hydrogen) atoms. The van der Waals surface area contributed by atoms with Crippen LogP contribution in [0.5, 0.6) is 0 Å². The van der Waals surface area contributed by atoms with E-state index >= 15 is 0 Å². The highest BCUT2D eigenvalue weighted by Gasteiger charge is 2.01. The highest BCUT2D eigenvalue weighted by molar-refractivity contribution is 5.90. The van der Waals surface area contributed by atoms with Crippen molar-refractivity contribution in [2.24, 2.45) is 0 Å². The van der Waals surface area contributed by atoms with Gasteiger partial charge in [-0.25, -0.2) is 0 Å². The van der Waals surface area contributed by atoms with Crippen molar-refractivity contribution in [1.82, 2.24) is 0 Å². The van der Waals surface area contributed by atoms with Crippen LogP contribution in [0.1, 0.15) is 31.7 Å². The molecule has 1 amide bonds. The summed E-state index contributed by atoms with van der Waals surface area (Å²) in [5.74, 6) is -0.00634. The monoisotopic (exact) mass is 235 g/mol. The largest absolute Gasteiger partial charge is 0.384 e. The number of aryl methyl sites for hydroxylation is 1. The Kier molecular flexibility index (Phi) is 6.33. The fraction of sp³-hybridized carbons (Fsp3) is 0.500. The molecule has 0 aliphatic rings. The van der Waals surface area contributed by atoms with Crippen molar-refractivity contribution in [3.05, 3.63) is 29.8 Å². The molecule has 0 atom stereocenters. The van der Waals surface area contributed by atoms with Crippen LogP contribution in [0.3, 0.4) is 0 Å². The Hall–Kier alpha value is -1.35. The summed E-state index contributed by atoms with van der Waals surface area (Å²) in [5, 5.41) is 2.84. The van der Waals surface area contributed by atoms with Crippen LogP contribution in [0.25, 0.3) is 0 Å². The third-order valence-electron chi connectivity index (χ3n) is 2.59. The zero-order chi connectivity index (χ0) is 12.5. The van der Waals surface area contributed by atoms with Crippen molar-refractivity contribution in [1.29, 1.82) is 0 Å². The van der Waals surface area contributed by atoms with E-state index in [2.05, 4.69) is 24.4 Å². The van der Waals surface area contributed by atoms with Crippen LogP contribution in [0, 0.1) is 0 Å². The van der Waals surface area contributed by atoms with Gasteiger partial charge in [0.05, 0.1) is 13.0 Å². The van der Waals surface area contributed by atoms with Crippen LogP contribution in [-0.4, -0.2) is 19.6 Å². The second-order valence-corrected chi connectivity index (χ2v) is 4.09. The molecular weight excluding hydrogens is 214 g/mol. The lowest BCUT2D eigenvalue weighted by atomic mass is 10.1. The van der Waals surface area contributed by atoms with Gasteiger partial charge in [-0.2, -0.15) is 0 Å². The molecule has 0 aliphatic heterocycles. The van der Waals surface area contributed by atoms with E-state index in [-0.39, 0.29) is 5.91 Å². The highest BCUT2D eigenvalue weighted by atomic mass is 16.5. The minimum Gasteiger partial charge on any atom is -0.384 e. The van der Waals surface area contributed by atoms with Gasteiger partial charge in [0.1, 0.15) is 0 Å². The molecule has 1 rings (SSSR count). The number of carbonyl (C=O) groups excluding carboxylic acids is 1. The van der Waals surface area contributed by atoms with Gasteiger partial charge in [0, 0.05) is 12.8 Å². The van der Waals surface area contributed by atoms with Gasteiger partial charge >= 0.3 is 0 Å². The number of methoxy groups -OCH3 is 1. The van der Waals surface area contributed by atoms with Gasteiger partial charge < -0.3 is 10.1 Å². The first-order chi connectivity index (χ1) is 8.26. The van der Waals surface area contributed by atoms with Crippen molar-refractivity contribution in [3.8, 4) is 0 Å². The van der Waals surface area contributed by atoms with Crippen LogP contribution in [0.15, 0.2) is 24.3 Å². The van der Waals surface area contributed by atoms with Crippen molar-refractivity contribution in [2.75, 3.05) is 19.0 Å². The lowest BCUT2D eigenvalue weighted by molar-refractivity contribution is -0.117. The molecule has 0 bridgehead atoms. The van der Waals surface area contributed by atoms with E-state index in [1.165, 1.54) is 18.4 Å². The zero-order valence-electron chi connectivity index (χ0n) is 10.7. The summed E-state index contributed by atoms with van der Waals surface area (Å²) in [6, 6.07) is 8.05. The number of hydrogen-bond donors (Lipinski definition) is 1. The zero-order valence-corrected chi connectivity index (χ0v) is 10.7. The van der Waals surface area contributed by atoms with Crippen LogP contribution in [0.4, 0.5) is 5.69 Å². The third kappa shape index (κ3) is 5.50. The molecule has 94 valence electrons.